The van der Waals surface area contributed by atoms with Crippen LogP contribution in [0.15, 0.2) is 84.9 Å². The molecule has 4 heteroatoms. The van der Waals surface area contributed by atoms with E-state index in [0.29, 0.717) is 6.61 Å². The summed E-state index contributed by atoms with van der Waals surface area (Å²) < 4.78 is 6.03. The molecule has 174 valence electrons. The van der Waals surface area contributed by atoms with Crippen molar-refractivity contribution in [1.29, 1.82) is 0 Å². The van der Waals surface area contributed by atoms with Gasteiger partial charge in [-0.15, -0.1) is 0 Å². The van der Waals surface area contributed by atoms with Crippen LogP contribution in [0.25, 0.3) is 11.6 Å². The molecule has 0 aliphatic heterocycles. The van der Waals surface area contributed by atoms with Gasteiger partial charge in [-0.3, -0.25) is 4.79 Å². The van der Waals surface area contributed by atoms with Gasteiger partial charge in [-0.25, -0.2) is 0 Å². The molecule has 1 aliphatic rings. The van der Waals surface area contributed by atoms with Crippen molar-refractivity contribution in [3.8, 4) is 5.75 Å². The standard InChI is InChI=1S/C30H31NO3/c32-22-28(33)14-10-24-6-8-25(9-7-24)21-31-18-16-27-12-11-26-13-15-29(20-30(26)27)34-19-17-23-4-2-1-3-5-23/h1-10,12-15,20,31-32H,11,16-19,21-22H2/b14-10+. The van der Waals surface area contributed by atoms with E-state index in [9.17, 15) is 4.79 Å². The Morgan fingerprint density at radius 1 is 0.971 bits per heavy atom. The van der Waals surface area contributed by atoms with Crippen molar-refractivity contribution < 1.29 is 14.6 Å². The molecular formula is C30H31NO3. The average Bonchev–Trinajstić information content (AvgIpc) is 3.28. The highest BCUT2D eigenvalue weighted by Gasteiger charge is 2.14. The van der Waals surface area contributed by atoms with E-state index in [1.165, 1.54) is 33.9 Å². The van der Waals surface area contributed by atoms with Gasteiger partial charge in [0.15, 0.2) is 5.78 Å². The summed E-state index contributed by atoms with van der Waals surface area (Å²) >= 11 is 0. The Morgan fingerprint density at radius 2 is 1.79 bits per heavy atom. The summed E-state index contributed by atoms with van der Waals surface area (Å²) in [5, 5.41) is 12.3. The lowest BCUT2D eigenvalue weighted by atomic mass is 10.0. The van der Waals surface area contributed by atoms with Crippen LogP contribution < -0.4 is 10.1 Å². The van der Waals surface area contributed by atoms with Crippen LogP contribution in [0.4, 0.5) is 0 Å². The molecule has 2 N–H and O–H groups in total. The van der Waals surface area contributed by atoms with Gasteiger partial charge >= 0.3 is 0 Å². The Kier molecular flexibility index (Phi) is 8.44. The Hall–Kier alpha value is -3.47. The van der Waals surface area contributed by atoms with Crippen LogP contribution in [0.1, 0.15) is 34.2 Å². The predicted molar refractivity (Wildman–Crippen MR) is 138 cm³/mol. The van der Waals surface area contributed by atoms with E-state index < -0.39 is 6.61 Å². The molecule has 0 unspecified atom stereocenters. The van der Waals surface area contributed by atoms with E-state index in [-0.39, 0.29) is 5.78 Å². The molecule has 0 saturated heterocycles. The Morgan fingerprint density at radius 3 is 2.59 bits per heavy atom. The van der Waals surface area contributed by atoms with Crippen molar-refractivity contribution in [2.45, 2.75) is 25.8 Å². The number of ether oxygens (including phenoxy) is 1. The van der Waals surface area contributed by atoms with Crippen molar-refractivity contribution in [3.05, 3.63) is 113 Å². The van der Waals surface area contributed by atoms with Crippen molar-refractivity contribution in [1.82, 2.24) is 5.32 Å². The number of allylic oxidation sites excluding steroid dienone is 1. The number of aliphatic hydroxyl groups excluding tert-OH is 1. The fraction of sp³-hybridized carbons (Fsp3) is 0.233. The van der Waals surface area contributed by atoms with Crippen LogP contribution in [0.5, 0.6) is 5.75 Å². The first kappa shape index (κ1) is 23.7. The predicted octanol–water partition coefficient (Wildman–Crippen LogP) is 5.00. The van der Waals surface area contributed by atoms with Crippen LogP contribution in [0, 0.1) is 0 Å². The lowest BCUT2D eigenvalue weighted by molar-refractivity contribution is -0.117. The maximum atomic E-state index is 11.2. The van der Waals surface area contributed by atoms with E-state index in [1.54, 1.807) is 6.08 Å². The minimum absolute atomic E-state index is 0.292. The number of ketones is 1. The third-order valence-corrected chi connectivity index (χ3v) is 6.00. The van der Waals surface area contributed by atoms with E-state index in [4.69, 9.17) is 9.84 Å². The summed E-state index contributed by atoms with van der Waals surface area (Å²) in [5.41, 5.74) is 7.49. The van der Waals surface area contributed by atoms with Crippen LogP contribution in [-0.2, 0) is 24.2 Å². The molecule has 34 heavy (non-hydrogen) atoms. The SMILES string of the molecule is O=C(/C=C/c1ccc(CNCCC2=CCc3ccc(OCCc4ccccc4)cc32)cc1)CO. The summed E-state index contributed by atoms with van der Waals surface area (Å²) in [6.07, 6.45) is 8.32. The molecule has 0 atom stereocenters. The number of benzene rings is 3. The molecular weight excluding hydrogens is 422 g/mol. The Balaban J connectivity index is 1.22. The molecule has 1 aliphatic carbocycles. The first-order chi connectivity index (χ1) is 16.7. The number of carbonyl (C=O) groups is 1. The maximum absolute atomic E-state index is 11.2. The summed E-state index contributed by atoms with van der Waals surface area (Å²) in [6.45, 7) is 1.91. The topological polar surface area (TPSA) is 58.6 Å². The largest absolute Gasteiger partial charge is 0.493 e. The van der Waals surface area contributed by atoms with Gasteiger partial charge in [0.05, 0.1) is 6.61 Å². The average molecular weight is 454 g/mol. The lowest BCUT2D eigenvalue weighted by Gasteiger charge is -2.11. The number of hydrogen-bond donors (Lipinski definition) is 2. The zero-order valence-electron chi connectivity index (χ0n) is 19.4. The quantitative estimate of drug-likeness (QED) is 0.299. The summed E-state index contributed by atoms with van der Waals surface area (Å²) in [4.78, 5) is 11.2. The minimum atomic E-state index is -0.456. The monoisotopic (exact) mass is 453 g/mol. The number of carbonyl (C=O) groups excluding carboxylic acids is 1. The third kappa shape index (κ3) is 6.77. The summed E-state index contributed by atoms with van der Waals surface area (Å²) in [7, 11) is 0. The number of hydrogen-bond acceptors (Lipinski definition) is 4. The smallest absolute Gasteiger partial charge is 0.181 e. The van der Waals surface area contributed by atoms with E-state index in [1.807, 2.05) is 18.2 Å². The van der Waals surface area contributed by atoms with Crippen molar-refractivity contribution in [2.75, 3.05) is 19.8 Å². The van der Waals surface area contributed by atoms with Gasteiger partial charge in [0.25, 0.3) is 0 Å². The maximum Gasteiger partial charge on any atom is 0.181 e. The molecule has 0 amide bonds. The number of nitrogens with one attached hydrogen (secondary N) is 1. The van der Waals surface area contributed by atoms with Gasteiger partial charge in [0, 0.05) is 13.0 Å². The molecule has 3 aromatic rings. The highest BCUT2D eigenvalue weighted by Crippen LogP contribution is 2.32. The second-order valence-corrected chi connectivity index (χ2v) is 8.46. The highest BCUT2D eigenvalue weighted by atomic mass is 16.5. The lowest BCUT2D eigenvalue weighted by Crippen LogP contribution is -2.14. The third-order valence-electron chi connectivity index (χ3n) is 6.00. The molecule has 0 bridgehead atoms. The normalized spacial score (nSPS) is 12.6. The first-order valence-corrected chi connectivity index (χ1v) is 11.8. The minimum Gasteiger partial charge on any atom is -0.493 e. The molecule has 0 heterocycles. The van der Waals surface area contributed by atoms with Gasteiger partial charge in [-0.1, -0.05) is 72.8 Å². The van der Waals surface area contributed by atoms with Crippen LogP contribution in [0.2, 0.25) is 0 Å². The van der Waals surface area contributed by atoms with Crippen LogP contribution >= 0.6 is 0 Å². The van der Waals surface area contributed by atoms with Crippen molar-refractivity contribution >= 4 is 17.4 Å². The van der Waals surface area contributed by atoms with Gasteiger partial charge < -0.3 is 15.2 Å². The molecule has 0 saturated carbocycles. The molecule has 3 aromatic carbocycles. The number of aliphatic hydroxyl groups is 1. The zero-order valence-corrected chi connectivity index (χ0v) is 19.4. The van der Waals surface area contributed by atoms with Gasteiger partial charge in [-0.05, 0) is 71.0 Å². The van der Waals surface area contributed by atoms with Gasteiger partial charge in [-0.2, -0.15) is 0 Å². The van der Waals surface area contributed by atoms with Crippen molar-refractivity contribution in [3.63, 3.8) is 0 Å². The van der Waals surface area contributed by atoms with Crippen LogP contribution in [-0.4, -0.2) is 30.6 Å². The molecule has 0 aromatic heterocycles. The molecule has 0 fully saturated rings. The summed E-state index contributed by atoms with van der Waals surface area (Å²) in [6, 6.07) is 24.9. The number of rotatable bonds is 12. The Bertz CT molecular complexity index is 1150. The van der Waals surface area contributed by atoms with Gasteiger partial charge in [0.1, 0.15) is 12.4 Å². The zero-order chi connectivity index (χ0) is 23.6. The Labute approximate surface area is 201 Å². The van der Waals surface area contributed by atoms with E-state index in [2.05, 4.69) is 66.0 Å². The fourth-order valence-electron chi connectivity index (χ4n) is 4.08. The molecule has 0 radical (unpaired) electrons. The van der Waals surface area contributed by atoms with Crippen molar-refractivity contribution in [2.24, 2.45) is 0 Å². The molecule has 4 nitrogen and oxygen atoms in total. The highest BCUT2D eigenvalue weighted by molar-refractivity contribution is 5.94. The molecule has 4 rings (SSSR count). The summed E-state index contributed by atoms with van der Waals surface area (Å²) in [5.74, 6) is 0.643. The second kappa shape index (κ2) is 12.1. The second-order valence-electron chi connectivity index (χ2n) is 8.46. The van der Waals surface area contributed by atoms with E-state index in [0.717, 1.165) is 43.7 Å². The molecule has 0 spiro atoms. The van der Waals surface area contributed by atoms with E-state index >= 15 is 0 Å². The number of fused-ring (bicyclic) bond motifs is 1. The first-order valence-electron chi connectivity index (χ1n) is 11.8. The van der Waals surface area contributed by atoms with Gasteiger partial charge in [0.2, 0.25) is 0 Å². The fourth-order valence-corrected chi connectivity index (χ4v) is 4.08. The van der Waals surface area contributed by atoms with Crippen LogP contribution in [0.3, 0.4) is 0 Å².